The quantitative estimate of drug-likeness (QED) is 0.784. The van der Waals surface area contributed by atoms with Crippen LogP contribution in [-0.2, 0) is 17.1 Å². The van der Waals surface area contributed by atoms with Crippen molar-refractivity contribution < 1.29 is 27.5 Å². The number of aromatic nitrogens is 2. The minimum Gasteiger partial charge on any atom is -0.481 e. The Bertz CT molecular complexity index is 852. The highest BCUT2D eigenvalue weighted by atomic mass is 19.3. The summed E-state index contributed by atoms with van der Waals surface area (Å²) < 4.78 is 55.9. The van der Waals surface area contributed by atoms with E-state index < -0.39 is 30.4 Å². The first-order valence-corrected chi connectivity index (χ1v) is 9.49. The number of aliphatic carboxylic acids is 1. The van der Waals surface area contributed by atoms with E-state index in [0.29, 0.717) is 24.5 Å². The highest BCUT2D eigenvalue weighted by Crippen LogP contribution is 2.55. The predicted molar refractivity (Wildman–Crippen MR) is 90.9 cm³/mol. The third-order valence-electron chi connectivity index (χ3n) is 6.81. The SMILES string of the molecule is C[C@H]1N(c2nc(N3C[C@@H]4[C@@H](CC(=O)O)[C@@H]4C3)c3c(n2)C(F)(F)CC3)CC1(F)F. The molecule has 1 N–H and O–H groups in total. The van der Waals surface area contributed by atoms with Crippen LogP contribution in [0.3, 0.4) is 0 Å². The van der Waals surface area contributed by atoms with Crippen LogP contribution < -0.4 is 9.80 Å². The molecule has 3 fully saturated rings. The molecule has 0 unspecified atom stereocenters. The summed E-state index contributed by atoms with van der Waals surface area (Å²) >= 11 is 0. The first-order chi connectivity index (χ1) is 13.1. The van der Waals surface area contributed by atoms with Gasteiger partial charge < -0.3 is 14.9 Å². The van der Waals surface area contributed by atoms with Crippen molar-refractivity contribution in [3.63, 3.8) is 0 Å². The molecular weight excluding hydrogens is 380 g/mol. The Morgan fingerprint density at radius 2 is 1.89 bits per heavy atom. The molecule has 5 rings (SSSR count). The number of hydrogen-bond donors (Lipinski definition) is 1. The number of carbonyl (C=O) groups is 1. The van der Waals surface area contributed by atoms with Gasteiger partial charge in [-0.2, -0.15) is 13.8 Å². The highest BCUT2D eigenvalue weighted by Gasteiger charge is 2.58. The number of alkyl halides is 4. The van der Waals surface area contributed by atoms with Gasteiger partial charge in [0.25, 0.3) is 11.8 Å². The lowest BCUT2D eigenvalue weighted by molar-refractivity contribution is -0.137. The fourth-order valence-corrected chi connectivity index (χ4v) is 4.97. The fraction of sp³-hybridized carbons (Fsp3) is 0.722. The third-order valence-corrected chi connectivity index (χ3v) is 6.81. The number of halogens is 4. The van der Waals surface area contributed by atoms with Crippen molar-refractivity contribution in [1.29, 1.82) is 0 Å². The highest BCUT2D eigenvalue weighted by molar-refractivity contribution is 5.68. The van der Waals surface area contributed by atoms with Gasteiger partial charge in [-0.1, -0.05) is 0 Å². The smallest absolute Gasteiger partial charge is 0.303 e. The molecule has 1 aromatic rings. The molecule has 0 spiro atoms. The maximum absolute atomic E-state index is 14.4. The van der Waals surface area contributed by atoms with E-state index in [1.165, 1.54) is 11.8 Å². The van der Waals surface area contributed by atoms with E-state index in [0.717, 1.165) is 0 Å². The van der Waals surface area contributed by atoms with Gasteiger partial charge in [-0.15, -0.1) is 0 Å². The maximum Gasteiger partial charge on any atom is 0.303 e. The van der Waals surface area contributed by atoms with Crippen LogP contribution in [0.15, 0.2) is 0 Å². The van der Waals surface area contributed by atoms with Crippen LogP contribution in [0.2, 0.25) is 0 Å². The zero-order valence-electron chi connectivity index (χ0n) is 15.2. The van der Waals surface area contributed by atoms with Gasteiger partial charge in [-0.25, -0.2) is 13.8 Å². The molecule has 2 aliphatic carbocycles. The molecule has 3 heterocycles. The zero-order chi connectivity index (χ0) is 20.0. The Kier molecular flexibility index (Phi) is 3.51. The van der Waals surface area contributed by atoms with E-state index in [1.54, 1.807) is 0 Å². The van der Waals surface area contributed by atoms with Gasteiger partial charge in [-0.3, -0.25) is 4.79 Å². The van der Waals surface area contributed by atoms with E-state index in [4.69, 9.17) is 5.11 Å². The van der Waals surface area contributed by atoms with E-state index in [2.05, 4.69) is 9.97 Å². The third kappa shape index (κ3) is 2.49. The van der Waals surface area contributed by atoms with Crippen molar-refractivity contribution in [3.8, 4) is 0 Å². The molecule has 4 aliphatic rings. The Morgan fingerprint density at radius 3 is 2.46 bits per heavy atom. The molecule has 4 atom stereocenters. The molecular formula is C18H20F4N4O2. The Morgan fingerprint density at radius 1 is 1.21 bits per heavy atom. The van der Waals surface area contributed by atoms with Crippen molar-refractivity contribution in [3.05, 3.63) is 11.3 Å². The normalized spacial score (nSPS) is 34.0. The lowest BCUT2D eigenvalue weighted by Crippen LogP contribution is -2.64. The molecule has 10 heteroatoms. The van der Waals surface area contributed by atoms with Crippen LogP contribution in [0.5, 0.6) is 0 Å². The largest absolute Gasteiger partial charge is 0.481 e. The average molecular weight is 400 g/mol. The molecule has 0 radical (unpaired) electrons. The standard InChI is InChI=1S/C18H20F4N4O2/c1-8-18(21,22)7-26(8)16-23-14-9(2-3-17(14,19)20)15(24-16)25-5-11-10(4-13(27)28)12(11)6-25/h8,10-12H,2-7H2,1H3,(H,27,28)/t8-,10-,11-,12+/m1/s1. The summed E-state index contributed by atoms with van der Waals surface area (Å²) in [5.74, 6) is -5.91. The van der Waals surface area contributed by atoms with E-state index >= 15 is 0 Å². The van der Waals surface area contributed by atoms with Crippen LogP contribution in [0, 0.1) is 17.8 Å². The molecule has 0 aromatic carbocycles. The molecule has 0 bridgehead atoms. The van der Waals surface area contributed by atoms with Crippen LogP contribution >= 0.6 is 0 Å². The minimum atomic E-state index is -3.09. The second-order valence-electron chi connectivity index (χ2n) is 8.44. The number of carboxylic acid groups (broad SMARTS) is 1. The lowest BCUT2D eigenvalue weighted by atomic mass is 10.0. The van der Waals surface area contributed by atoms with E-state index in [-0.39, 0.29) is 48.7 Å². The fourth-order valence-electron chi connectivity index (χ4n) is 4.97. The number of carboxylic acids is 1. The predicted octanol–water partition coefficient (Wildman–Crippen LogP) is 2.52. The number of hydrogen-bond acceptors (Lipinski definition) is 5. The summed E-state index contributed by atoms with van der Waals surface area (Å²) in [6.07, 6.45) is -0.0929. The second kappa shape index (κ2) is 5.48. The van der Waals surface area contributed by atoms with Crippen molar-refractivity contribution in [2.75, 3.05) is 29.4 Å². The van der Waals surface area contributed by atoms with Gasteiger partial charge in [0.15, 0.2) is 0 Å². The monoisotopic (exact) mass is 400 g/mol. The molecule has 1 saturated carbocycles. The molecule has 0 amide bonds. The van der Waals surface area contributed by atoms with Gasteiger partial charge in [0.1, 0.15) is 11.5 Å². The summed E-state index contributed by atoms with van der Waals surface area (Å²) in [4.78, 5) is 22.5. The van der Waals surface area contributed by atoms with Crippen LogP contribution in [-0.4, -0.2) is 52.6 Å². The van der Waals surface area contributed by atoms with Gasteiger partial charge in [0.05, 0.1) is 12.6 Å². The molecule has 6 nitrogen and oxygen atoms in total. The average Bonchev–Trinajstić information content (AvgIpc) is 2.96. The summed E-state index contributed by atoms with van der Waals surface area (Å²) in [7, 11) is 0. The Labute approximate surface area is 158 Å². The molecule has 2 saturated heterocycles. The van der Waals surface area contributed by atoms with E-state index in [1.807, 2.05) is 4.90 Å². The first-order valence-electron chi connectivity index (χ1n) is 9.49. The molecule has 1 aromatic heterocycles. The van der Waals surface area contributed by atoms with Crippen LogP contribution in [0.1, 0.15) is 31.0 Å². The number of anilines is 2. The topological polar surface area (TPSA) is 69.6 Å². The molecule has 152 valence electrons. The van der Waals surface area contributed by atoms with Gasteiger partial charge in [-0.05, 0) is 31.1 Å². The summed E-state index contributed by atoms with van der Waals surface area (Å²) in [5, 5.41) is 8.96. The summed E-state index contributed by atoms with van der Waals surface area (Å²) in [6.45, 7) is 1.87. The number of nitrogens with zero attached hydrogens (tertiary/aromatic N) is 4. The molecule has 2 aliphatic heterocycles. The second-order valence-corrected chi connectivity index (χ2v) is 8.44. The number of fused-ring (bicyclic) bond motifs is 2. The maximum atomic E-state index is 14.4. The zero-order valence-corrected chi connectivity index (χ0v) is 15.2. The lowest BCUT2D eigenvalue weighted by Gasteiger charge is -2.46. The van der Waals surface area contributed by atoms with Crippen molar-refractivity contribution in [2.45, 2.75) is 44.1 Å². The van der Waals surface area contributed by atoms with Crippen molar-refractivity contribution in [2.24, 2.45) is 17.8 Å². The van der Waals surface area contributed by atoms with Crippen molar-refractivity contribution in [1.82, 2.24) is 9.97 Å². The minimum absolute atomic E-state index is 0.0728. The summed E-state index contributed by atoms with van der Waals surface area (Å²) in [6, 6.07) is -1.14. The Hall–Kier alpha value is -2.13. The van der Waals surface area contributed by atoms with E-state index in [9.17, 15) is 22.4 Å². The van der Waals surface area contributed by atoms with Gasteiger partial charge in [0, 0.05) is 31.5 Å². The van der Waals surface area contributed by atoms with Gasteiger partial charge >= 0.3 is 5.97 Å². The number of rotatable bonds is 4. The molecule has 28 heavy (non-hydrogen) atoms. The van der Waals surface area contributed by atoms with Gasteiger partial charge in [0.2, 0.25) is 5.95 Å². The number of piperidine rings is 1. The van der Waals surface area contributed by atoms with Crippen LogP contribution in [0.25, 0.3) is 0 Å². The Balaban J connectivity index is 1.45. The van der Waals surface area contributed by atoms with Crippen molar-refractivity contribution >= 4 is 17.7 Å². The first kappa shape index (κ1) is 17.9. The summed E-state index contributed by atoms with van der Waals surface area (Å²) in [5.41, 5.74) is 0.0438. The van der Waals surface area contributed by atoms with Crippen LogP contribution in [0.4, 0.5) is 29.3 Å².